The maximum Gasteiger partial charge on any atom is 0.240 e. The Kier molecular flexibility index (Phi) is 13.6. The first kappa shape index (κ1) is 26.0. The predicted octanol–water partition coefficient (Wildman–Crippen LogP) is 0.891. The van der Waals surface area contributed by atoms with E-state index in [1.165, 1.54) is 0 Å². The smallest absolute Gasteiger partial charge is 0.240 e. The third kappa shape index (κ3) is 8.71. The molecular weight excluding hydrogens is 397 g/mol. The quantitative estimate of drug-likeness (QED) is 0.550. The lowest BCUT2D eigenvalue weighted by Crippen LogP contribution is -2.50. The Morgan fingerprint density at radius 3 is 2.63 bits per heavy atom. The van der Waals surface area contributed by atoms with Crippen LogP contribution in [0, 0.1) is 0 Å². The maximum atomic E-state index is 12.1. The number of aromatic nitrogens is 2. The zero-order valence-corrected chi connectivity index (χ0v) is 17.8. The average Bonchev–Trinajstić information content (AvgIpc) is 3.08. The molecule has 0 aliphatic carbocycles. The van der Waals surface area contributed by atoms with Gasteiger partial charge in [0.1, 0.15) is 6.10 Å². The minimum Gasteiger partial charge on any atom is -0.383 e. The van der Waals surface area contributed by atoms with Gasteiger partial charge in [0.05, 0.1) is 19.7 Å². The molecule has 158 valence electrons. The minimum atomic E-state index is -0.164. The summed E-state index contributed by atoms with van der Waals surface area (Å²) in [5, 5.41) is 7.05. The van der Waals surface area contributed by atoms with Crippen molar-refractivity contribution in [1.29, 1.82) is 0 Å². The largest absolute Gasteiger partial charge is 0.383 e. The number of methoxy groups -OCH3 is 1. The van der Waals surface area contributed by atoms with Gasteiger partial charge in [0.15, 0.2) is 5.82 Å². The molecule has 0 radical (unpaired) electrons. The average molecular weight is 428 g/mol. The number of piperazine rings is 1. The van der Waals surface area contributed by atoms with Gasteiger partial charge in [-0.1, -0.05) is 5.16 Å². The molecule has 0 saturated carbocycles. The van der Waals surface area contributed by atoms with Gasteiger partial charge in [-0.25, -0.2) is 0 Å². The Hall–Kier alpha value is -0.970. The molecule has 1 aromatic rings. The van der Waals surface area contributed by atoms with Crippen molar-refractivity contribution in [3.63, 3.8) is 0 Å². The Morgan fingerprint density at radius 1 is 1.30 bits per heavy atom. The highest BCUT2D eigenvalue weighted by Crippen LogP contribution is 2.14. The first-order chi connectivity index (χ1) is 12.1. The molecule has 1 N–H and O–H groups in total. The number of ether oxygens (including phenoxy) is 2. The van der Waals surface area contributed by atoms with E-state index in [4.69, 9.17) is 14.0 Å². The molecule has 1 saturated heterocycles. The molecule has 1 unspecified atom stereocenters. The second-order valence-electron chi connectivity index (χ2n) is 5.97. The van der Waals surface area contributed by atoms with Crippen LogP contribution in [0.2, 0.25) is 0 Å². The van der Waals surface area contributed by atoms with Crippen LogP contribution >= 0.6 is 24.8 Å². The molecule has 0 aromatic carbocycles. The lowest BCUT2D eigenvalue weighted by Gasteiger charge is -2.34. The van der Waals surface area contributed by atoms with E-state index >= 15 is 0 Å². The van der Waals surface area contributed by atoms with Crippen LogP contribution in [0.5, 0.6) is 0 Å². The van der Waals surface area contributed by atoms with E-state index in [2.05, 4.69) is 20.4 Å². The van der Waals surface area contributed by atoms with Crippen LogP contribution in [0.25, 0.3) is 0 Å². The number of rotatable bonds is 10. The highest BCUT2D eigenvalue weighted by Gasteiger charge is 2.22. The van der Waals surface area contributed by atoms with Crippen LogP contribution in [0.3, 0.4) is 0 Å². The number of nitrogens with zero attached hydrogens (tertiary/aromatic N) is 4. The molecule has 1 aliphatic heterocycles. The number of carbonyl (C=O) groups is 1. The van der Waals surface area contributed by atoms with Gasteiger partial charge in [-0.3, -0.25) is 9.69 Å². The summed E-state index contributed by atoms with van der Waals surface area (Å²) >= 11 is 0. The summed E-state index contributed by atoms with van der Waals surface area (Å²) < 4.78 is 15.7. The fraction of sp³-hybridized carbons (Fsp3) is 0.812. The van der Waals surface area contributed by atoms with Crippen LogP contribution in [0.15, 0.2) is 4.52 Å². The number of carbonyl (C=O) groups excluding carboxylic acids is 1. The molecule has 1 amide bonds. The van der Waals surface area contributed by atoms with Gasteiger partial charge in [-0.15, -0.1) is 24.8 Å². The number of halogens is 2. The lowest BCUT2D eigenvalue weighted by molar-refractivity contribution is -0.132. The minimum absolute atomic E-state index is 0. The fourth-order valence-electron chi connectivity index (χ4n) is 2.65. The van der Waals surface area contributed by atoms with Gasteiger partial charge < -0.3 is 24.2 Å². The van der Waals surface area contributed by atoms with Gasteiger partial charge in [-0.2, -0.15) is 4.98 Å². The molecule has 9 nitrogen and oxygen atoms in total. The highest BCUT2D eigenvalue weighted by atomic mass is 35.5. The number of hydrogen-bond acceptors (Lipinski definition) is 8. The van der Waals surface area contributed by atoms with Crippen molar-refractivity contribution in [1.82, 2.24) is 25.3 Å². The molecule has 1 aliphatic rings. The Balaban J connectivity index is 0.00000338. The van der Waals surface area contributed by atoms with E-state index in [9.17, 15) is 4.79 Å². The van der Waals surface area contributed by atoms with Crippen molar-refractivity contribution in [2.24, 2.45) is 0 Å². The Labute approximate surface area is 172 Å². The third-order valence-corrected chi connectivity index (χ3v) is 4.11. The van der Waals surface area contributed by atoms with E-state index in [0.29, 0.717) is 57.7 Å². The fourth-order valence-corrected chi connectivity index (χ4v) is 2.65. The van der Waals surface area contributed by atoms with Crippen molar-refractivity contribution in [2.75, 3.05) is 59.6 Å². The summed E-state index contributed by atoms with van der Waals surface area (Å²) in [7, 11) is 1.65. The summed E-state index contributed by atoms with van der Waals surface area (Å²) in [6.45, 7) is 9.70. The van der Waals surface area contributed by atoms with Crippen molar-refractivity contribution in [2.45, 2.75) is 26.5 Å². The second kappa shape index (κ2) is 14.1. The molecule has 1 atom stereocenters. The van der Waals surface area contributed by atoms with Gasteiger partial charge in [0.25, 0.3) is 0 Å². The molecule has 11 heteroatoms. The van der Waals surface area contributed by atoms with E-state index in [1.807, 2.05) is 18.7 Å². The molecule has 1 aromatic heterocycles. The van der Waals surface area contributed by atoms with E-state index in [-0.39, 0.29) is 36.8 Å². The number of hydrogen-bond donors (Lipinski definition) is 1. The monoisotopic (exact) mass is 427 g/mol. The first-order valence-corrected chi connectivity index (χ1v) is 8.78. The van der Waals surface area contributed by atoms with Crippen molar-refractivity contribution >= 4 is 30.7 Å². The van der Waals surface area contributed by atoms with Crippen molar-refractivity contribution in [3.05, 3.63) is 11.7 Å². The summed E-state index contributed by atoms with van der Waals surface area (Å²) in [6, 6.07) is 0. The van der Waals surface area contributed by atoms with E-state index in [0.717, 1.165) is 13.1 Å². The normalized spacial score (nSPS) is 15.7. The van der Waals surface area contributed by atoms with Gasteiger partial charge in [0.2, 0.25) is 11.8 Å². The van der Waals surface area contributed by atoms with Crippen molar-refractivity contribution in [3.8, 4) is 0 Å². The molecule has 2 heterocycles. The van der Waals surface area contributed by atoms with Crippen molar-refractivity contribution < 1.29 is 18.8 Å². The number of amides is 1. The zero-order chi connectivity index (χ0) is 18.1. The predicted molar refractivity (Wildman–Crippen MR) is 105 cm³/mol. The molecule has 1 fully saturated rings. The van der Waals surface area contributed by atoms with Gasteiger partial charge in [0, 0.05) is 46.4 Å². The lowest BCUT2D eigenvalue weighted by atomic mass is 10.3. The molecule has 2 rings (SSSR count). The van der Waals surface area contributed by atoms with Crippen LogP contribution in [0.1, 0.15) is 31.7 Å². The molecule has 0 bridgehead atoms. The molecule has 27 heavy (non-hydrogen) atoms. The van der Waals surface area contributed by atoms with Crippen LogP contribution in [-0.4, -0.2) is 85.4 Å². The highest BCUT2D eigenvalue weighted by molar-refractivity contribution is 5.85. The summed E-state index contributed by atoms with van der Waals surface area (Å²) in [5.74, 6) is 1.29. The second-order valence-corrected chi connectivity index (χ2v) is 5.97. The topological polar surface area (TPSA) is 93.0 Å². The van der Waals surface area contributed by atoms with Crippen LogP contribution < -0.4 is 5.32 Å². The Bertz CT molecular complexity index is 527. The maximum absolute atomic E-state index is 12.1. The van der Waals surface area contributed by atoms with Gasteiger partial charge >= 0.3 is 0 Å². The molecule has 0 spiro atoms. The third-order valence-electron chi connectivity index (χ3n) is 4.11. The van der Waals surface area contributed by atoms with Gasteiger partial charge in [-0.05, 0) is 13.8 Å². The first-order valence-electron chi connectivity index (χ1n) is 8.78. The zero-order valence-electron chi connectivity index (χ0n) is 16.2. The SMILES string of the molecule is CCOC(C)c1noc(CN2CCN(C(=O)CNCCOC)CC2)n1.Cl.Cl. The summed E-state index contributed by atoms with van der Waals surface area (Å²) in [5.41, 5.74) is 0. The standard InChI is InChI=1S/C16H29N5O4.2ClH/c1-4-24-13(2)16-18-14(25-19-16)12-20-6-8-21(9-7-20)15(22)11-17-5-10-23-3;;/h13,17H,4-12H2,1-3H3;2*1H. The molecular formula is C16H31Cl2N5O4. The Morgan fingerprint density at radius 2 is 2.00 bits per heavy atom. The summed E-state index contributed by atoms with van der Waals surface area (Å²) in [4.78, 5) is 20.6. The summed E-state index contributed by atoms with van der Waals surface area (Å²) in [6.07, 6.45) is -0.164. The van der Waals surface area contributed by atoms with Crippen LogP contribution in [-0.2, 0) is 20.8 Å². The number of nitrogens with one attached hydrogen (secondary N) is 1. The van der Waals surface area contributed by atoms with Crippen LogP contribution in [0.4, 0.5) is 0 Å². The van der Waals surface area contributed by atoms with E-state index in [1.54, 1.807) is 7.11 Å². The van der Waals surface area contributed by atoms with E-state index < -0.39 is 0 Å².